The Labute approximate surface area is 195 Å². The number of aryl methyl sites for hydroxylation is 2. The minimum atomic E-state index is -0.242. The monoisotopic (exact) mass is 452 g/mol. The van der Waals surface area contributed by atoms with E-state index in [0.29, 0.717) is 51.9 Å². The third-order valence-corrected chi connectivity index (χ3v) is 6.54. The number of para-hydroxylation sites is 1. The van der Waals surface area contributed by atoms with Gasteiger partial charge in [0.25, 0.3) is 0 Å². The van der Waals surface area contributed by atoms with Crippen LogP contribution in [0.15, 0.2) is 42.5 Å². The van der Waals surface area contributed by atoms with Crippen LogP contribution in [0, 0.1) is 19.7 Å². The largest absolute Gasteiger partial charge is 0.339 e. The minimum Gasteiger partial charge on any atom is -0.339 e. The van der Waals surface area contributed by atoms with Crippen LogP contribution in [0.1, 0.15) is 29.5 Å². The molecule has 7 heteroatoms. The summed E-state index contributed by atoms with van der Waals surface area (Å²) in [6.07, 6.45) is 2.22. The average molecular weight is 453 g/mol. The Morgan fingerprint density at radius 2 is 1.64 bits per heavy atom. The molecule has 1 heterocycles. The van der Waals surface area contributed by atoms with E-state index in [0.717, 1.165) is 35.2 Å². The highest BCUT2D eigenvalue weighted by atomic mass is 19.1. The van der Waals surface area contributed by atoms with Crippen molar-refractivity contribution >= 4 is 17.5 Å². The van der Waals surface area contributed by atoms with E-state index in [1.54, 1.807) is 12.1 Å². The predicted molar refractivity (Wildman–Crippen MR) is 127 cm³/mol. The summed E-state index contributed by atoms with van der Waals surface area (Å²) < 4.78 is 13.2. The first-order valence-electron chi connectivity index (χ1n) is 11.7. The molecule has 1 saturated heterocycles. The Balaban J connectivity index is 1.24. The quantitative estimate of drug-likeness (QED) is 0.669. The van der Waals surface area contributed by atoms with E-state index in [1.165, 1.54) is 12.1 Å². The van der Waals surface area contributed by atoms with Crippen LogP contribution in [-0.4, -0.2) is 71.8 Å². The van der Waals surface area contributed by atoms with Gasteiger partial charge >= 0.3 is 0 Å². The van der Waals surface area contributed by atoms with Gasteiger partial charge in [0, 0.05) is 44.5 Å². The minimum absolute atomic E-state index is 0.0219. The molecule has 4 rings (SSSR count). The first kappa shape index (κ1) is 23.4. The normalized spacial score (nSPS) is 16.8. The number of hydrogen-bond acceptors (Lipinski definition) is 4. The molecule has 33 heavy (non-hydrogen) atoms. The molecular formula is C26H33FN4O2. The van der Waals surface area contributed by atoms with Crippen LogP contribution >= 0.6 is 0 Å². The highest BCUT2D eigenvalue weighted by Gasteiger charge is 2.32. The van der Waals surface area contributed by atoms with Gasteiger partial charge in [-0.05, 0) is 55.5 Å². The molecule has 176 valence electrons. The number of piperazine rings is 1. The van der Waals surface area contributed by atoms with Gasteiger partial charge in [0.15, 0.2) is 0 Å². The maximum Gasteiger partial charge on any atom is 0.238 e. The second-order valence-corrected chi connectivity index (χ2v) is 9.23. The third-order valence-electron chi connectivity index (χ3n) is 6.54. The molecule has 2 amide bonds. The lowest BCUT2D eigenvalue weighted by molar-refractivity contribution is -0.134. The number of carbonyl (C=O) groups is 2. The summed E-state index contributed by atoms with van der Waals surface area (Å²) >= 11 is 0. The molecule has 1 N–H and O–H groups in total. The van der Waals surface area contributed by atoms with Crippen LogP contribution in [0.4, 0.5) is 10.1 Å². The van der Waals surface area contributed by atoms with Crippen molar-refractivity contribution in [1.29, 1.82) is 0 Å². The lowest BCUT2D eigenvalue weighted by Gasteiger charge is -2.35. The number of anilines is 1. The van der Waals surface area contributed by atoms with E-state index in [2.05, 4.69) is 15.1 Å². The number of halogens is 1. The van der Waals surface area contributed by atoms with E-state index < -0.39 is 0 Å². The predicted octanol–water partition coefficient (Wildman–Crippen LogP) is 3.19. The average Bonchev–Trinajstić information content (AvgIpc) is 3.63. The Kier molecular flexibility index (Phi) is 7.40. The maximum atomic E-state index is 13.2. The van der Waals surface area contributed by atoms with Gasteiger partial charge < -0.3 is 10.2 Å². The van der Waals surface area contributed by atoms with E-state index in [-0.39, 0.29) is 17.6 Å². The van der Waals surface area contributed by atoms with Crippen molar-refractivity contribution < 1.29 is 14.0 Å². The molecule has 1 aliphatic heterocycles. The molecule has 1 saturated carbocycles. The molecule has 6 nitrogen and oxygen atoms in total. The van der Waals surface area contributed by atoms with Gasteiger partial charge in [-0.15, -0.1) is 0 Å². The molecule has 0 unspecified atom stereocenters. The second-order valence-electron chi connectivity index (χ2n) is 9.23. The number of nitrogens with one attached hydrogen (secondary N) is 1. The summed E-state index contributed by atoms with van der Waals surface area (Å²) in [5, 5.41) is 3.04. The van der Waals surface area contributed by atoms with Crippen LogP contribution in [0.3, 0.4) is 0 Å². The number of amides is 2. The molecule has 0 bridgehead atoms. The van der Waals surface area contributed by atoms with Crippen molar-refractivity contribution in [3.63, 3.8) is 0 Å². The molecule has 1 aliphatic carbocycles. The van der Waals surface area contributed by atoms with Crippen molar-refractivity contribution in [2.45, 2.75) is 39.3 Å². The Bertz CT molecular complexity index is 962. The van der Waals surface area contributed by atoms with E-state index >= 15 is 0 Å². The zero-order valence-corrected chi connectivity index (χ0v) is 19.5. The van der Waals surface area contributed by atoms with Crippen molar-refractivity contribution in [3.8, 4) is 0 Å². The van der Waals surface area contributed by atoms with Crippen molar-refractivity contribution in [2.75, 3.05) is 44.6 Å². The fourth-order valence-corrected chi connectivity index (χ4v) is 4.40. The van der Waals surface area contributed by atoms with Gasteiger partial charge in [-0.1, -0.05) is 30.3 Å². The number of rotatable bonds is 8. The van der Waals surface area contributed by atoms with E-state index in [1.807, 2.05) is 36.9 Å². The van der Waals surface area contributed by atoms with Crippen molar-refractivity contribution in [3.05, 3.63) is 65.0 Å². The molecule has 0 aromatic heterocycles. The first-order chi connectivity index (χ1) is 15.9. The summed E-state index contributed by atoms with van der Waals surface area (Å²) in [7, 11) is 0. The van der Waals surface area contributed by atoms with Gasteiger partial charge in [0.2, 0.25) is 11.8 Å². The maximum absolute atomic E-state index is 13.2. The summed E-state index contributed by atoms with van der Waals surface area (Å²) in [5.41, 5.74) is 4.02. The summed E-state index contributed by atoms with van der Waals surface area (Å²) in [5.74, 6) is -0.136. The van der Waals surface area contributed by atoms with E-state index in [4.69, 9.17) is 0 Å². The number of benzene rings is 2. The smallest absolute Gasteiger partial charge is 0.238 e. The lowest BCUT2D eigenvalue weighted by Crippen LogP contribution is -2.52. The second kappa shape index (κ2) is 10.4. The zero-order valence-electron chi connectivity index (χ0n) is 19.5. The van der Waals surface area contributed by atoms with Crippen LogP contribution in [0.2, 0.25) is 0 Å². The van der Waals surface area contributed by atoms with Gasteiger partial charge in [0.1, 0.15) is 5.82 Å². The highest BCUT2D eigenvalue weighted by Crippen LogP contribution is 2.28. The number of carbonyl (C=O) groups excluding carboxylic acids is 2. The molecule has 0 atom stereocenters. The van der Waals surface area contributed by atoms with Gasteiger partial charge in [0.05, 0.1) is 13.1 Å². The van der Waals surface area contributed by atoms with Gasteiger partial charge in [-0.25, -0.2) is 4.39 Å². The molecular weight excluding hydrogens is 419 g/mol. The first-order valence-corrected chi connectivity index (χ1v) is 11.7. The van der Waals surface area contributed by atoms with Crippen LogP contribution in [-0.2, 0) is 16.1 Å². The van der Waals surface area contributed by atoms with Crippen molar-refractivity contribution in [2.24, 2.45) is 0 Å². The molecule has 0 radical (unpaired) electrons. The molecule has 2 aliphatic rings. The summed E-state index contributed by atoms with van der Waals surface area (Å²) in [4.78, 5) is 31.7. The van der Waals surface area contributed by atoms with Gasteiger partial charge in [-0.3, -0.25) is 19.4 Å². The van der Waals surface area contributed by atoms with Crippen LogP contribution in [0.5, 0.6) is 0 Å². The Morgan fingerprint density at radius 3 is 2.24 bits per heavy atom. The number of hydrogen-bond donors (Lipinski definition) is 1. The van der Waals surface area contributed by atoms with Crippen molar-refractivity contribution in [1.82, 2.24) is 14.7 Å². The molecule has 2 aromatic rings. The van der Waals surface area contributed by atoms with Crippen LogP contribution < -0.4 is 5.32 Å². The fourth-order valence-electron chi connectivity index (χ4n) is 4.40. The standard InChI is InChI=1S/C26H33FN4O2/c1-19-4-3-5-20(2)26(19)28-24(32)17-29-12-14-30(15-13-29)25(33)18-31(23-10-11-23)16-21-6-8-22(27)9-7-21/h3-9,23H,10-18H2,1-2H3,(H,28,32). The van der Waals surface area contributed by atoms with Gasteiger partial charge in [-0.2, -0.15) is 0 Å². The molecule has 2 aromatic carbocycles. The fraction of sp³-hybridized carbons (Fsp3) is 0.462. The topological polar surface area (TPSA) is 55.9 Å². The number of nitrogens with zero attached hydrogens (tertiary/aromatic N) is 3. The summed E-state index contributed by atoms with van der Waals surface area (Å²) in [6.45, 7) is 8.00. The van der Waals surface area contributed by atoms with Crippen LogP contribution in [0.25, 0.3) is 0 Å². The molecule has 2 fully saturated rings. The highest BCUT2D eigenvalue weighted by molar-refractivity contribution is 5.93. The van der Waals surface area contributed by atoms with E-state index in [9.17, 15) is 14.0 Å². The third kappa shape index (κ3) is 6.39. The Morgan fingerprint density at radius 1 is 1.00 bits per heavy atom. The lowest BCUT2D eigenvalue weighted by atomic mass is 10.1. The zero-order chi connectivity index (χ0) is 23.4. The SMILES string of the molecule is Cc1cccc(C)c1NC(=O)CN1CCN(C(=O)CN(Cc2ccc(F)cc2)C2CC2)CC1. The summed E-state index contributed by atoms with van der Waals surface area (Å²) in [6, 6.07) is 12.9. The molecule has 0 spiro atoms. The Hall–Kier alpha value is -2.77.